The predicted molar refractivity (Wildman–Crippen MR) is 103 cm³/mol. The average molecular weight is 420 g/mol. The molecule has 0 spiro atoms. The Morgan fingerprint density at radius 2 is 1.77 bits per heavy atom. The van der Waals surface area contributed by atoms with Crippen molar-refractivity contribution in [1.29, 1.82) is 0 Å². The molecule has 1 amide bonds. The van der Waals surface area contributed by atoms with Crippen molar-refractivity contribution in [2.45, 2.75) is 31.6 Å². The van der Waals surface area contributed by atoms with Crippen molar-refractivity contribution in [2.24, 2.45) is 0 Å². The van der Waals surface area contributed by atoms with Gasteiger partial charge >= 0.3 is 11.9 Å². The number of aromatic amines is 1. The molecule has 1 aliphatic rings. The molecule has 0 atom stereocenters. The number of para-hydroxylation sites is 2. The Balaban J connectivity index is 1.46. The summed E-state index contributed by atoms with van der Waals surface area (Å²) < 4.78 is 41.1. The monoisotopic (exact) mass is 420 g/mol. The van der Waals surface area contributed by atoms with Gasteiger partial charge < -0.3 is 14.5 Å². The van der Waals surface area contributed by atoms with Crippen LogP contribution < -0.4 is 11.2 Å². The van der Waals surface area contributed by atoms with Gasteiger partial charge in [-0.15, -0.1) is 0 Å². The lowest BCUT2D eigenvalue weighted by Crippen LogP contribution is -2.43. The number of rotatable bonds is 3. The molecular formula is C20H19F3N4O3. The number of carbonyl (C=O) groups excluding carboxylic acids is 1. The molecule has 1 aliphatic heterocycles. The quantitative estimate of drug-likeness (QED) is 0.707. The van der Waals surface area contributed by atoms with Crippen molar-refractivity contribution in [3.05, 3.63) is 69.0 Å². The first-order chi connectivity index (χ1) is 14.2. The number of fused-ring (bicyclic) bond motifs is 1. The number of benzene rings is 1. The topological polar surface area (TPSA) is 80.1 Å². The van der Waals surface area contributed by atoms with Crippen LogP contribution in [-0.4, -0.2) is 38.0 Å². The standard InChI is InChI=1S/C20H19F3N4O3/c21-20(22,23)13-5-6-17(28)26(11-13)12-18(29)25-9-7-14(8-10-25)27-16-4-2-1-3-15(16)24-19(27)30/h1-6,11,14H,7-10,12H2,(H,24,30). The minimum atomic E-state index is -4.59. The fourth-order valence-electron chi connectivity index (χ4n) is 3.88. The van der Waals surface area contributed by atoms with Gasteiger partial charge in [-0.2, -0.15) is 13.2 Å². The second-order valence-corrected chi connectivity index (χ2v) is 7.31. The van der Waals surface area contributed by atoms with Crippen LogP contribution in [0.25, 0.3) is 11.0 Å². The van der Waals surface area contributed by atoms with Crippen LogP contribution in [0.1, 0.15) is 24.4 Å². The smallest absolute Gasteiger partial charge is 0.341 e. The first-order valence-corrected chi connectivity index (χ1v) is 9.49. The van der Waals surface area contributed by atoms with E-state index in [1.165, 1.54) is 4.90 Å². The van der Waals surface area contributed by atoms with Crippen LogP contribution in [-0.2, 0) is 17.5 Å². The Morgan fingerprint density at radius 3 is 2.47 bits per heavy atom. The van der Waals surface area contributed by atoms with E-state index in [9.17, 15) is 27.6 Å². The number of hydrogen-bond acceptors (Lipinski definition) is 3. The van der Waals surface area contributed by atoms with E-state index in [0.29, 0.717) is 38.2 Å². The van der Waals surface area contributed by atoms with Crippen molar-refractivity contribution < 1.29 is 18.0 Å². The molecule has 3 aromatic rings. The molecule has 0 unspecified atom stereocenters. The molecule has 10 heteroatoms. The van der Waals surface area contributed by atoms with Crippen LogP contribution in [0.3, 0.4) is 0 Å². The zero-order chi connectivity index (χ0) is 21.5. The fourth-order valence-corrected chi connectivity index (χ4v) is 3.88. The summed E-state index contributed by atoms with van der Waals surface area (Å²) in [6.07, 6.45) is -2.86. The van der Waals surface area contributed by atoms with Crippen molar-refractivity contribution in [3.8, 4) is 0 Å². The minimum absolute atomic E-state index is 0.0889. The van der Waals surface area contributed by atoms with Gasteiger partial charge in [0.25, 0.3) is 5.56 Å². The molecule has 1 aromatic carbocycles. The van der Waals surface area contributed by atoms with E-state index in [4.69, 9.17) is 0 Å². The molecule has 7 nitrogen and oxygen atoms in total. The molecule has 4 rings (SSSR count). The van der Waals surface area contributed by atoms with E-state index < -0.39 is 29.8 Å². The third-order valence-electron chi connectivity index (χ3n) is 5.42. The van der Waals surface area contributed by atoms with E-state index >= 15 is 0 Å². The molecule has 1 fully saturated rings. The van der Waals surface area contributed by atoms with Crippen molar-refractivity contribution >= 4 is 16.9 Å². The summed E-state index contributed by atoms with van der Waals surface area (Å²) in [5.41, 5.74) is -0.326. The number of pyridine rings is 1. The highest BCUT2D eigenvalue weighted by molar-refractivity contribution is 5.76. The lowest BCUT2D eigenvalue weighted by molar-refractivity contribution is -0.139. The molecule has 158 valence electrons. The first kappa shape index (κ1) is 20.0. The van der Waals surface area contributed by atoms with Crippen LogP contribution in [0, 0.1) is 0 Å². The summed E-state index contributed by atoms with van der Waals surface area (Å²) in [4.78, 5) is 41.1. The van der Waals surface area contributed by atoms with Gasteiger partial charge in [0, 0.05) is 31.4 Å². The lowest BCUT2D eigenvalue weighted by Gasteiger charge is -2.32. The summed E-state index contributed by atoms with van der Waals surface area (Å²) in [5.74, 6) is -0.429. The molecule has 0 saturated carbocycles. The molecule has 0 aliphatic carbocycles. The number of hydrogen-bond donors (Lipinski definition) is 1. The first-order valence-electron chi connectivity index (χ1n) is 9.49. The summed E-state index contributed by atoms with van der Waals surface area (Å²) in [5, 5.41) is 0. The van der Waals surface area contributed by atoms with Crippen molar-refractivity contribution in [2.75, 3.05) is 13.1 Å². The summed E-state index contributed by atoms with van der Waals surface area (Å²) in [6, 6.07) is 8.77. The van der Waals surface area contributed by atoms with Gasteiger partial charge in [-0.3, -0.25) is 14.2 Å². The number of halogens is 3. The SMILES string of the molecule is O=C(Cn1cc(C(F)(F)F)ccc1=O)N1CCC(n2c(=O)[nH]c3ccccc32)CC1. The second kappa shape index (κ2) is 7.51. The normalized spacial score (nSPS) is 15.6. The molecular weight excluding hydrogens is 401 g/mol. The van der Waals surface area contributed by atoms with E-state index in [-0.39, 0.29) is 11.7 Å². The number of carbonyl (C=O) groups is 1. The molecule has 1 N–H and O–H groups in total. The number of alkyl halides is 3. The van der Waals surface area contributed by atoms with Gasteiger partial charge in [0.2, 0.25) is 5.91 Å². The highest BCUT2D eigenvalue weighted by Gasteiger charge is 2.31. The zero-order valence-electron chi connectivity index (χ0n) is 15.9. The van der Waals surface area contributed by atoms with Crippen LogP contribution >= 0.6 is 0 Å². The maximum Gasteiger partial charge on any atom is 0.417 e. The Kier molecular flexibility index (Phi) is 5.00. The Bertz CT molecular complexity index is 1200. The van der Waals surface area contributed by atoms with Gasteiger partial charge in [0.1, 0.15) is 6.54 Å². The third kappa shape index (κ3) is 3.77. The summed E-state index contributed by atoms with van der Waals surface area (Å²) in [6.45, 7) is 0.243. The van der Waals surface area contributed by atoms with Crippen LogP contribution in [0.5, 0.6) is 0 Å². The van der Waals surface area contributed by atoms with Crippen molar-refractivity contribution in [1.82, 2.24) is 19.0 Å². The molecule has 0 radical (unpaired) electrons. The Hall–Kier alpha value is -3.30. The van der Waals surface area contributed by atoms with Crippen LogP contribution in [0.2, 0.25) is 0 Å². The molecule has 3 heterocycles. The minimum Gasteiger partial charge on any atom is -0.341 e. The number of amides is 1. The number of imidazole rings is 1. The highest BCUT2D eigenvalue weighted by atomic mass is 19.4. The van der Waals surface area contributed by atoms with Gasteiger partial charge in [-0.25, -0.2) is 4.79 Å². The number of H-pyrrole nitrogens is 1. The summed E-state index contributed by atoms with van der Waals surface area (Å²) in [7, 11) is 0. The number of aromatic nitrogens is 3. The van der Waals surface area contributed by atoms with Gasteiger partial charge in [-0.1, -0.05) is 12.1 Å². The predicted octanol–water partition coefficient (Wildman–Crippen LogP) is 2.37. The largest absolute Gasteiger partial charge is 0.417 e. The lowest BCUT2D eigenvalue weighted by atomic mass is 10.0. The fraction of sp³-hybridized carbons (Fsp3) is 0.350. The Morgan fingerprint density at radius 1 is 1.07 bits per heavy atom. The van der Waals surface area contributed by atoms with Crippen molar-refractivity contribution in [3.63, 3.8) is 0 Å². The van der Waals surface area contributed by atoms with E-state index in [1.54, 1.807) is 4.57 Å². The summed E-state index contributed by atoms with van der Waals surface area (Å²) >= 11 is 0. The second-order valence-electron chi connectivity index (χ2n) is 7.31. The number of likely N-dealkylation sites (tertiary alicyclic amines) is 1. The van der Waals surface area contributed by atoms with E-state index in [1.807, 2.05) is 24.3 Å². The Labute approximate surface area is 168 Å². The molecule has 2 aromatic heterocycles. The highest BCUT2D eigenvalue weighted by Crippen LogP contribution is 2.28. The van der Waals surface area contributed by atoms with Gasteiger partial charge in [0.05, 0.1) is 16.6 Å². The third-order valence-corrected chi connectivity index (χ3v) is 5.42. The zero-order valence-corrected chi connectivity index (χ0v) is 15.9. The van der Waals surface area contributed by atoms with Crippen LogP contribution in [0.4, 0.5) is 13.2 Å². The van der Waals surface area contributed by atoms with Crippen LogP contribution in [0.15, 0.2) is 52.2 Å². The number of nitrogens with zero attached hydrogens (tertiary/aromatic N) is 3. The molecule has 1 saturated heterocycles. The van der Waals surface area contributed by atoms with E-state index in [0.717, 1.165) is 21.7 Å². The van der Waals surface area contributed by atoms with Gasteiger partial charge in [-0.05, 0) is 31.0 Å². The number of nitrogens with one attached hydrogen (secondary N) is 1. The van der Waals surface area contributed by atoms with E-state index in [2.05, 4.69) is 4.98 Å². The maximum atomic E-state index is 12.9. The average Bonchev–Trinajstić information content (AvgIpc) is 3.04. The maximum absolute atomic E-state index is 12.9. The number of piperidine rings is 1. The van der Waals surface area contributed by atoms with Gasteiger partial charge in [0.15, 0.2) is 0 Å². The molecule has 30 heavy (non-hydrogen) atoms. The molecule has 0 bridgehead atoms.